The molecule has 3 heterocycles. The highest BCUT2D eigenvalue weighted by Gasteiger charge is 2.09. The number of anilines is 2. The molecule has 0 aromatic carbocycles. The first-order valence-electron chi connectivity index (χ1n) is 6.98. The standard InChI is InChI=1S/C14H18N6S/c1-3-6-15-14-17-12(11-5-8-21-13(11)18-14)16-9-10-4-7-20(2)19-10/h4-5,7-8H,3,6,9H2,1-2H3,(H2,15,16,17,18). The lowest BCUT2D eigenvalue weighted by Crippen LogP contribution is -2.08. The summed E-state index contributed by atoms with van der Waals surface area (Å²) in [5, 5.41) is 14.1. The molecule has 0 aliphatic heterocycles. The SMILES string of the molecule is CCCNc1nc(NCc2ccn(C)n2)c2ccsc2n1. The summed E-state index contributed by atoms with van der Waals surface area (Å²) in [5.74, 6) is 1.53. The lowest BCUT2D eigenvalue weighted by atomic mass is 10.3. The molecule has 0 amide bonds. The fourth-order valence-corrected chi connectivity index (χ4v) is 2.80. The third kappa shape index (κ3) is 3.13. The van der Waals surface area contributed by atoms with Gasteiger partial charge in [-0.05, 0) is 23.9 Å². The molecular weight excluding hydrogens is 284 g/mol. The number of fused-ring (bicyclic) bond motifs is 1. The van der Waals surface area contributed by atoms with Gasteiger partial charge in [-0.3, -0.25) is 4.68 Å². The molecule has 0 aliphatic carbocycles. The van der Waals surface area contributed by atoms with Crippen LogP contribution in [-0.4, -0.2) is 26.3 Å². The minimum Gasteiger partial charge on any atom is -0.364 e. The van der Waals surface area contributed by atoms with Crippen molar-refractivity contribution in [3.63, 3.8) is 0 Å². The van der Waals surface area contributed by atoms with Gasteiger partial charge >= 0.3 is 0 Å². The quantitative estimate of drug-likeness (QED) is 0.733. The molecular formula is C14H18N6S. The van der Waals surface area contributed by atoms with Crippen LogP contribution in [0.3, 0.4) is 0 Å². The molecule has 110 valence electrons. The van der Waals surface area contributed by atoms with Crippen LogP contribution in [0, 0.1) is 0 Å². The number of nitrogens with one attached hydrogen (secondary N) is 2. The second kappa shape index (κ2) is 6.09. The Morgan fingerprint density at radius 2 is 2.14 bits per heavy atom. The zero-order valence-corrected chi connectivity index (χ0v) is 12.9. The van der Waals surface area contributed by atoms with Gasteiger partial charge in [0.1, 0.15) is 10.6 Å². The first kappa shape index (κ1) is 13.8. The molecule has 0 bridgehead atoms. The summed E-state index contributed by atoms with van der Waals surface area (Å²) in [6, 6.07) is 4.04. The summed E-state index contributed by atoms with van der Waals surface area (Å²) in [4.78, 5) is 10.1. The number of thiophene rings is 1. The van der Waals surface area contributed by atoms with Crippen LogP contribution in [0.25, 0.3) is 10.2 Å². The van der Waals surface area contributed by atoms with Crippen molar-refractivity contribution in [2.75, 3.05) is 17.2 Å². The summed E-state index contributed by atoms with van der Waals surface area (Å²) in [5.41, 5.74) is 0.988. The average Bonchev–Trinajstić information content (AvgIpc) is 3.11. The highest BCUT2D eigenvalue weighted by atomic mass is 32.1. The molecule has 21 heavy (non-hydrogen) atoms. The third-order valence-electron chi connectivity index (χ3n) is 3.06. The number of hydrogen-bond acceptors (Lipinski definition) is 6. The Morgan fingerprint density at radius 3 is 2.90 bits per heavy atom. The van der Waals surface area contributed by atoms with Crippen molar-refractivity contribution in [1.29, 1.82) is 0 Å². The van der Waals surface area contributed by atoms with E-state index in [1.165, 1.54) is 0 Å². The zero-order valence-electron chi connectivity index (χ0n) is 12.1. The van der Waals surface area contributed by atoms with Gasteiger partial charge in [-0.1, -0.05) is 6.92 Å². The molecule has 0 saturated carbocycles. The fourth-order valence-electron chi connectivity index (χ4n) is 2.04. The van der Waals surface area contributed by atoms with E-state index in [9.17, 15) is 0 Å². The molecule has 2 N–H and O–H groups in total. The number of aromatic nitrogens is 4. The molecule has 0 aliphatic rings. The molecule has 3 aromatic heterocycles. The maximum atomic E-state index is 4.57. The van der Waals surface area contributed by atoms with E-state index in [0.29, 0.717) is 12.5 Å². The Morgan fingerprint density at radius 1 is 1.24 bits per heavy atom. The van der Waals surface area contributed by atoms with E-state index < -0.39 is 0 Å². The Bertz CT molecular complexity index is 732. The molecule has 7 heteroatoms. The van der Waals surface area contributed by atoms with Crippen LogP contribution in [-0.2, 0) is 13.6 Å². The van der Waals surface area contributed by atoms with Gasteiger partial charge in [0.15, 0.2) is 0 Å². The van der Waals surface area contributed by atoms with E-state index in [-0.39, 0.29) is 0 Å². The van der Waals surface area contributed by atoms with Crippen molar-refractivity contribution in [3.8, 4) is 0 Å². The molecule has 3 rings (SSSR count). The lowest BCUT2D eigenvalue weighted by Gasteiger charge is -2.08. The van der Waals surface area contributed by atoms with Crippen molar-refractivity contribution in [2.24, 2.45) is 7.05 Å². The van der Waals surface area contributed by atoms with Crippen LogP contribution < -0.4 is 10.6 Å². The summed E-state index contributed by atoms with van der Waals surface area (Å²) in [6.45, 7) is 3.64. The summed E-state index contributed by atoms with van der Waals surface area (Å²) in [6.07, 6.45) is 2.98. The van der Waals surface area contributed by atoms with E-state index in [1.807, 2.05) is 30.8 Å². The van der Waals surface area contributed by atoms with Crippen LogP contribution in [0.1, 0.15) is 19.0 Å². The van der Waals surface area contributed by atoms with Gasteiger partial charge in [0, 0.05) is 19.8 Å². The summed E-state index contributed by atoms with van der Waals surface area (Å²) in [7, 11) is 1.91. The van der Waals surface area contributed by atoms with Crippen molar-refractivity contribution >= 4 is 33.3 Å². The smallest absolute Gasteiger partial charge is 0.226 e. The van der Waals surface area contributed by atoms with Crippen LogP contribution in [0.4, 0.5) is 11.8 Å². The number of hydrogen-bond donors (Lipinski definition) is 2. The zero-order chi connectivity index (χ0) is 14.7. The molecule has 3 aromatic rings. The van der Waals surface area contributed by atoms with Crippen molar-refractivity contribution in [3.05, 3.63) is 29.4 Å². The maximum absolute atomic E-state index is 4.57. The summed E-state index contributed by atoms with van der Waals surface area (Å²) >= 11 is 1.62. The van der Waals surface area contributed by atoms with Gasteiger partial charge in [0.2, 0.25) is 5.95 Å². The normalized spacial score (nSPS) is 11.0. The van der Waals surface area contributed by atoms with E-state index >= 15 is 0 Å². The van der Waals surface area contributed by atoms with E-state index in [4.69, 9.17) is 0 Å². The van der Waals surface area contributed by atoms with Crippen molar-refractivity contribution in [1.82, 2.24) is 19.7 Å². The Kier molecular flexibility index (Phi) is 4.01. The van der Waals surface area contributed by atoms with Gasteiger partial charge < -0.3 is 10.6 Å². The van der Waals surface area contributed by atoms with Crippen LogP contribution in [0.2, 0.25) is 0 Å². The number of aryl methyl sites for hydroxylation is 1. The molecule has 0 radical (unpaired) electrons. The third-order valence-corrected chi connectivity index (χ3v) is 3.87. The lowest BCUT2D eigenvalue weighted by molar-refractivity contribution is 0.747. The van der Waals surface area contributed by atoms with Gasteiger partial charge in [-0.25, -0.2) is 4.98 Å². The van der Waals surface area contributed by atoms with Gasteiger partial charge in [-0.15, -0.1) is 11.3 Å². The number of rotatable bonds is 6. The Labute approximate surface area is 127 Å². The second-order valence-corrected chi connectivity index (χ2v) is 5.69. The van der Waals surface area contributed by atoms with Gasteiger partial charge in [0.25, 0.3) is 0 Å². The van der Waals surface area contributed by atoms with Crippen LogP contribution in [0.15, 0.2) is 23.7 Å². The second-order valence-electron chi connectivity index (χ2n) is 4.80. The minimum absolute atomic E-state index is 0.649. The summed E-state index contributed by atoms with van der Waals surface area (Å²) < 4.78 is 1.80. The topological polar surface area (TPSA) is 67.7 Å². The van der Waals surface area contributed by atoms with Gasteiger partial charge in [-0.2, -0.15) is 10.1 Å². The molecule has 0 atom stereocenters. The first-order chi connectivity index (χ1) is 10.3. The molecule has 0 fully saturated rings. The number of nitrogens with zero attached hydrogens (tertiary/aromatic N) is 4. The minimum atomic E-state index is 0.649. The first-order valence-corrected chi connectivity index (χ1v) is 7.85. The van der Waals surface area contributed by atoms with Crippen LogP contribution >= 0.6 is 11.3 Å². The maximum Gasteiger partial charge on any atom is 0.226 e. The van der Waals surface area contributed by atoms with Crippen molar-refractivity contribution < 1.29 is 0 Å². The van der Waals surface area contributed by atoms with E-state index in [2.05, 4.69) is 32.6 Å². The molecule has 0 spiro atoms. The van der Waals surface area contributed by atoms with Crippen molar-refractivity contribution in [2.45, 2.75) is 19.9 Å². The Hall–Kier alpha value is -2.15. The highest BCUT2D eigenvalue weighted by Crippen LogP contribution is 2.26. The predicted molar refractivity (Wildman–Crippen MR) is 86.7 cm³/mol. The molecule has 0 unspecified atom stereocenters. The highest BCUT2D eigenvalue weighted by molar-refractivity contribution is 7.16. The fraction of sp³-hybridized carbons (Fsp3) is 0.357. The van der Waals surface area contributed by atoms with E-state index in [0.717, 1.165) is 34.7 Å². The van der Waals surface area contributed by atoms with Crippen LogP contribution in [0.5, 0.6) is 0 Å². The Balaban J connectivity index is 1.83. The van der Waals surface area contributed by atoms with Gasteiger partial charge in [0.05, 0.1) is 17.6 Å². The molecule has 6 nitrogen and oxygen atoms in total. The average molecular weight is 302 g/mol. The van der Waals surface area contributed by atoms with E-state index in [1.54, 1.807) is 16.0 Å². The molecule has 0 saturated heterocycles. The monoisotopic (exact) mass is 302 g/mol. The largest absolute Gasteiger partial charge is 0.364 e. The predicted octanol–water partition coefficient (Wildman–Crippen LogP) is 2.86.